The topological polar surface area (TPSA) is 60.5 Å². The third-order valence-electron chi connectivity index (χ3n) is 6.85. The van der Waals surface area contributed by atoms with Crippen molar-refractivity contribution in [3.63, 3.8) is 0 Å². The zero-order valence-electron chi connectivity index (χ0n) is 19.0. The molecule has 1 fully saturated rings. The Morgan fingerprint density at radius 3 is 2.56 bits per heavy atom. The van der Waals surface area contributed by atoms with Gasteiger partial charge in [-0.05, 0) is 72.6 Å². The number of amides is 1. The predicted octanol–water partition coefficient (Wildman–Crippen LogP) is 5.89. The van der Waals surface area contributed by atoms with Gasteiger partial charge in [0.15, 0.2) is 11.5 Å². The molecule has 1 aromatic heterocycles. The molecule has 5 heteroatoms. The van der Waals surface area contributed by atoms with E-state index in [9.17, 15) is 4.79 Å². The van der Waals surface area contributed by atoms with Crippen molar-refractivity contribution >= 4 is 11.7 Å². The Labute approximate surface area is 188 Å². The zero-order chi connectivity index (χ0) is 22.5. The standard InChI is InChI=1S/C27H28N2O3/c1-16(2)19-6-5-7-20(12-19)22-14-28-25(18(4)17(22)3)29-26(30)27(10-11-27)21-8-9-23-24(13-21)32-15-31-23/h5-9,12-14,16H,10-11,15H2,1-4H3,(H,28,29,30). The van der Waals surface area contributed by atoms with E-state index < -0.39 is 5.41 Å². The molecule has 0 spiro atoms. The molecule has 1 aliphatic carbocycles. The van der Waals surface area contributed by atoms with Crippen molar-refractivity contribution in [2.45, 2.75) is 51.9 Å². The monoisotopic (exact) mass is 428 g/mol. The molecular weight excluding hydrogens is 400 g/mol. The maximum Gasteiger partial charge on any atom is 0.236 e. The van der Waals surface area contributed by atoms with Crippen molar-refractivity contribution in [1.29, 1.82) is 0 Å². The molecule has 1 aliphatic heterocycles. The van der Waals surface area contributed by atoms with Crippen molar-refractivity contribution < 1.29 is 14.3 Å². The van der Waals surface area contributed by atoms with Crippen LogP contribution in [0.2, 0.25) is 0 Å². The van der Waals surface area contributed by atoms with Crippen LogP contribution in [0.3, 0.4) is 0 Å². The third kappa shape index (κ3) is 3.42. The summed E-state index contributed by atoms with van der Waals surface area (Å²) in [7, 11) is 0. The summed E-state index contributed by atoms with van der Waals surface area (Å²) < 4.78 is 10.9. The lowest BCUT2D eigenvalue weighted by Crippen LogP contribution is -2.28. The van der Waals surface area contributed by atoms with Gasteiger partial charge in [0.05, 0.1) is 5.41 Å². The van der Waals surface area contributed by atoms with E-state index in [1.165, 1.54) is 5.56 Å². The number of pyridine rings is 1. The van der Waals surface area contributed by atoms with Crippen LogP contribution in [0.25, 0.3) is 11.1 Å². The molecule has 0 saturated heterocycles. The number of ether oxygens (including phenoxy) is 2. The maximum atomic E-state index is 13.3. The summed E-state index contributed by atoms with van der Waals surface area (Å²) in [5, 5.41) is 3.11. The largest absolute Gasteiger partial charge is 0.454 e. The number of hydrogen-bond acceptors (Lipinski definition) is 4. The van der Waals surface area contributed by atoms with E-state index in [4.69, 9.17) is 9.47 Å². The molecule has 0 bridgehead atoms. The molecule has 32 heavy (non-hydrogen) atoms. The SMILES string of the molecule is Cc1c(-c2cccc(C(C)C)c2)cnc(NC(=O)C2(c3ccc4c(c3)OCO4)CC2)c1C. The van der Waals surface area contributed by atoms with Crippen LogP contribution in [0, 0.1) is 13.8 Å². The Bertz CT molecular complexity index is 1210. The second-order valence-electron chi connectivity index (χ2n) is 9.15. The Hall–Kier alpha value is -3.34. The van der Waals surface area contributed by atoms with Gasteiger partial charge in [0.25, 0.3) is 0 Å². The smallest absolute Gasteiger partial charge is 0.236 e. The summed E-state index contributed by atoms with van der Waals surface area (Å²) in [6, 6.07) is 14.4. The summed E-state index contributed by atoms with van der Waals surface area (Å²) in [5.74, 6) is 2.52. The van der Waals surface area contributed by atoms with Crippen molar-refractivity contribution in [2.75, 3.05) is 12.1 Å². The fraction of sp³-hybridized carbons (Fsp3) is 0.333. The first-order chi connectivity index (χ1) is 15.4. The molecule has 1 amide bonds. The van der Waals surface area contributed by atoms with Crippen molar-refractivity contribution in [2.24, 2.45) is 0 Å². The van der Waals surface area contributed by atoms with E-state index in [1.807, 2.05) is 31.3 Å². The Morgan fingerprint density at radius 1 is 1.03 bits per heavy atom. The summed E-state index contributed by atoms with van der Waals surface area (Å²) in [4.78, 5) is 18.0. The van der Waals surface area contributed by atoms with E-state index in [0.29, 0.717) is 17.5 Å². The van der Waals surface area contributed by atoms with Crippen LogP contribution in [0.4, 0.5) is 5.82 Å². The van der Waals surface area contributed by atoms with Gasteiger partial charge in [0, 0.05) is 11.8 Å². The number of anilines is 1. The van der Waals surface area contributed by atoms with E-state index >= 15 is 0 Å². The molecule has 3 aromatic rings. The van der Waals surface area contributed by atoms with Crippen LogP contribution < -0.4 is 14.8 Å². The van der Waals surface area contributed by atoms with Crippen LogP contribution in [0.15, 0.2) is 48.7 Å². The molecule has 1 saturated carbocycles. The maximum absolute atomic E-state index is 13.3. The highest BCUT2D eigenvalue weighted by molar-refractivity contribution is 6.01. The van der Waals surface area contributed by atoms with Crippen molar-refractivity contribution in [1.82, 2.24) is 4.98 Å². The Balaban J connectivity index is 1.41. The summed E-state index contributed by atoms with van der Waals surface area (Å²) in [6.07, 6.45) is 3.50. The van der Waals surface area contributed by atoms with Crippen molar-refractivity contribution in [3.05, 3.63) is 70.9 Å². The summed E-state index contributed by atoms with van der Waals surface area (Å²) >= 11 is 0. The lowest BCUT2D eigenvalue weighted by Gasteiger charge is -2.19. The van der Waals surface area contributed by atoms with Crippen LogP contribution in [-0.2, 0) is 10.2 Å². The van der Waals surface area contributed by atoms with E-state index in [2.05, 4.69) is 55.3 Å². The van der Waals surface area contributed by atoms with Crippen LogP contribution in [0.5, 0.6) is 11.5 Å². The lowest BCUT2D eigenvalue weighted by molar-refractivity contribution is -0.118. The highest BCUT2D eigenvalue weighted by Gasteiger charge is 2.52. The molecule has 0 unspecified atom stereocenters. The van der Waals surface area contributed by atoms with Crippen LogP contribution in [-0.4, -0.2) is 17.7 Å². The van der Waals surface area contributed by atoms with Gasteiger partial charge in [-0.3, -0.25) is 4.79 Å². The first kappa shape index (κ1) is 20.6. The highest BCUT2D eigenvalue weighted by Crippen LogP contribution is 2.51. The minimum absolute atomic E-state index is 0.0130. The Morgan fingerprint density at radius 2 is 1.81 bits per heavy atom. The zero-order valence-corrected chi connectivity index (χ0v) is 19.0. The fourth-order valence-corrected chi connectivity index (χ4v) is 4.38. The number of nitrogens with zero attached hydrogens (tertiary/aromatic N) is 1. The normalized spacial score (nSPS) is 15.7. The van der Waals surface area contributed by atoms with E-state index in [0.717, 1.165) is 46.4 Å². The van der Waals surface area contributed by atoms with Gasteiger partial charge in [-0.25, -0.2) is 4.98 Å². The minimum atomic E-state index is -0.521. The average Bonchev–Trinajstić information content (AvgIpc) is 3.48. The summed E-state index contributed by atoms with van der Waals surface area (Å²) in [6.45, 7) is 8.74. The van der Waals surface area contributed by atoms with Gasteiger partial charge in [-0.1, -0.05) is 44.2 Å². The average molecular weight is 429 g/mol. The van der Waals surface area contributed by atoms with Gasteiger partial charge < -0.3 is 14.8 Å². The lowest BCUT2D eigenvalue weighted by atomic mass is 9.93. The van der Waals surface area contributed by atoms with Crippen molar-refractivity contribution in [3.8, 4) is 22.6 Å². The molecule has 2 aliphatic rings. The number of aromatic nitrogens is 1. The third-order valence-corrected chi connectivity index (χ3v) is 6.85. The predicted molar refractivity (Wildman–Crippen MR) is 125 cm³/mol. The highest BCUT2D eigenvalue weighted by atomic mass is 16.7. The molecule has 164 valence electrons. The first-order valence-electron chi connectivity index (χ1n) is 11.2. The van der Waals surface area contributed by atoms with E-state index in [1.54, 1.807) is 0 Å². The second kappa shape index (κ2) is 7.66. The van der Waals surface area contributed by atoms with Gasteiger partial charge >= 0.3 is 0 Å². The molecule has 1 N–H and O–H groups in total. The summed E-state index contributed by atoms with van der Waals surface area (Å²) in [5.41, 5.74) is 6.12. The van der Waals surface area contributed by atoms with Gasteiger partial charge in [-0.15, -0.1) is 0 Å². The van der Waals surface area contributed by atoms with Gasteiger partial charge in [-0.2, -0.15) is 0 Å². The molecule has 5 rings (SSSR count). The van der Waals surface area contributed by atoms with Crippen LogP contribution in [0.1, 0.15) is 54.9 Å². The van der Waals surface area contributed by atoms with Gasteiger partial charge in [0.2, 0.25) is 12.7 Å². The molecule has 2 heterocycles. The number of carbonyl (C=O) groups excluding carboxylic acids is 1. The molecule has 5 nitrogen and oxygen atoms in total. The minimum Gasteiger partial charge on any atom is -0.454 e. The Kier molecular flexibility index (Phi) is 4.92. The van der Waals surface area contributed by atoms with Gasteiger partial charge in [0.1, 0.15) is 5.82 Å². The number of hydrogen-bond donors (Lipinski definition) is 1. The second-order valence-corrected chi connectivity index (χ2v) is 9.15. The molecule has 0 radical (unpaired) electrons. The quantitative estimate of drug-likeness (QED) is 0.551. The fourth-order valence-electron chi connectivity index (χ4n) is 4.38. The molecule has 0 atom stereocenters. The van der Waals surface area contributed by atoms with E-state index in [-0.39, 0.29) is 12.7 Å². The van der Waals surface area contributed by atoms with Crippen LogP contribution >= 0.6 is 0 Å². The first-order valence-corrected chi connectivity index (χ1v) is 11.2. The number of nitrogens with one attached hydrogen (secondary N) is 1. The molecule has 2 aromatic carbocycles. The number of benzene rings is 2. The number of rotatable bonds is 5. The number of fused-ring (bicyclic) bond motifs is 1. The number of carbonyl (C=O) groups is 1. The molecular formula is C27H28N2O3.